The fourth-order valence-corrected chi connectivity index (χ4v) is 1.40. The molecule has 78 valence electrons. The fourth-order valence-electron chi connectivity index (χ4n) is 1.40. The summed E-state index contributed by atoms with van der Waals surface area (Å²) in [5.41, 5.74) is 1.11. The smallest absolute Gasteiger partial charge is 0.225 e. The molecule has 1 aromatic rings. The molecule has 0 aromatic carbocycles. The molecule has 0 saturated heterocycles. The van der Waals surface area contributed by atoms with Crippen molar-refractivity contribution in [1.29, 1.82) is 0 Å². The van der Waals surface area contributed by atoms with Crippen molar-refractivity contribution in [3.63, 3.8) is 0 Å². The third-order valence-electron chi connectivity index (χ3n) is 2.04. The van der Waals surface area contributed by atoms with Crippen LogP contribution in [-0.2, 0) is 0 Å². The topological polar surface area (TPSA) is 29.0 Å². The lowest BCUT2D eigenvalue weighted by molar-refractivity contribution is 0.720. The van der Waals surface area contributed by atoms with Gasteiger partial charge in [-0.2, -0.15) is 0 Å². The highest BCUT2D eigenvalue weighted by atomic mass is 15.2. The second kappa shape index (κ2) is 5.58. The molecule has 0 radical (unpaired) electrons. The summed E-state index contributed by atoms with van der Waals surface area (Å²) in [5, 5.41) is 0. The van der Waals surface area contributed by atoms with E-state index in [2.05, 4.69) is 28.7 Å². The zero-order valence-electron chi connectivity index (χ0n) is 9.32. The van der Waals surface area contributed by atoms with Crippen molar-refractivity contribution < 1.29 is 0 Å². The van der Waals surface area contributed by atoms with E-state index in [1.165, 1.54) is 0 Å². The first kappa shape index (κ1) is 11.0. The van der Waals surface area contributed by atoms with Crippen molar-refractivity contribution in [2.24, 2.45) is 0 Å². The SMILES string of the molecule is CCCN(CCC)c1ncc(C)cn1. The van der Waals surface area contributed by atoms with Crippen molar-refractivity contribution in [2.45, 2.75) is 33.6 Å². The van der Waals surface area contributed by atoms with Gasteiger partial charge in [-0.05, 0) is 25.3 Å². The molecular weight excluding hydrogens is 174 g/mol. The van der Waals surface area contributed by atoms with Crippen LogP contribution in [0.25, 0.3) is 0 Å². The Morgan fingerprint density at radius 3 is 2.00 bits per heavy atom. The molecule has 0 unspecified atom stereocenters. The van der Waals surface area contributed by atoms with Gasteiger partial charge in [0.2, 0.25) is 5.95 Å². The Morgan fingerprint density at radius 1 is 1.07 bits per heavy atom. The number of anilines is 1. The predicted octanol–water partition coefficient (Wildman–Crippen LogP) is 2.41. The van der Waals surface area contributed by atoms with Crippen LogP contribution in [0.3, 0.4) is 0 Å². The van der Waals surface area contributed by atoms with Crippen molar-refractivity contribution in [1.82, 2.24) is 9.97 Å². The van der Waals surface area contributed by atoms with Crippen LogP contribution in [0.5, 0.6) is 0 Å². The summed E-state index contributed by atoms with van der Waals surface area (Å²) in [6.07, 6.45) is 6.02. The highest BCUT2D eigenvalue weighted by Crippen LogP contribution is 2.07. The Hall–Kier alpha value is -1.12. The molecule has 0 atom stereocenters. The largest absolute Gasteiger partial charge is 0.341 e. The summed E-state index contributed by atoms with van der Waals surface area (Å²) in [6.45, 7) is 8.44. The zero-order chi connectivity index (χ0) is 10.4. The van der Waals surface area contributed by atoms with Crippen molar-refractivity contribution in [2.75, 3.05) is 18.0 Å². The summed E-state index contributed by atoms with van der Waals surface area (Å²) in [5.74, 6) is 0.860. The lowest BCUT2D eigenvalue weighted by atomic mass is 10.3. The Labute approximate surface area is 86.2 Å². The van der Waals surface area contributed by atoms with E-state index in [9.17, 15) is 0 Å². The summed E-state index contributed by atoms with van der Waals surface area (Å²) >= 11 is 0. The van der Waals surface area contributed by atoms with E-state index in [-0.39, 0.29) is 0 Å². The summed E-state index contributed by atoms with van der Waals surface area (Å²) in [4.78, 5) is 10.9. The van der Waals surface area contributed by atoms with Crippen LogP contribution in [0.4, 0.5) is 5.95 Å². The van der Waals surface area contributed by atoms with Gasteiger partial charge in [-0.15, -0.1) is 0 Å². The second-order valence-electron chi connectivity index (χ2n) is 3.55. The third kappa shape index (κ3) is 2.98. The van der Waals surface area contributed by atoms with Crippen LogP contribution < -0.4 is 4.90 Å². The first-order valence-corrected chi connectivity index (χ1v) is 5.31. The molecule has 0 N–H and O–H groups in total. The van der Waals surface area contributed by atoms with Gasteiger partial charge < -0.3 is 4.90 Å². The lowest BCUT2D eigenvalue weighted by Gasteiger charge is -2.20. The van der Waals surface area contributed by atoms with Crippen LogP contribution in [-0.4, -0.2) is 23.1 Å². The number of hydrogen-bond donors (Lipinski definition) is 0. The van der Waals surface area contributed by atoms with Gasteiger partial charge in [-0.25, -0.2) is 9.97 Å². The van der Waals surface area contributed by atoms with E-state index < -0.39 is 0 Å². The minimum atomic E-state index is 0.860. The maximum absolute atomic E-state index is 4.33. The van der Waals surface area contributed by atoms with E-state index >= 15 is 0 Å². The average molecular weight is 193 g/mol. The molecule has 0 fully saturated rings. The van der Waals surface area contributed by atoms with Gasteiger partial charge in [0.15, 0.2) is 0 Å². The summed E-state index contributed by atoms with van der Waals surface area (Å²) in [6, 6.07) is 0. The first-order chi connectivity index (χ1) is 6.77. The highest BCUT2D eigenvalue weighted by molar-refractivity contribution is 5.29. The van der Waals surface area contributed by atoms with Gasteiger partial charge in [0.05, 0.1) is 0 Å². The minimum Gasteiger partial charge on any atom is -0.341 e. The van der Waals surface area contributed by atoms with Crippen LogP contribution in [0.2, 0.25) is 0 Å². The van der Waals surface area contributed by atoms with Gasteiger partial charge in [0, 0.05) is 25.5 Å². The Kier molecular flexibility index (Phi) is 4.36. The molecule has 0 spiro atoms. The molecule has 0 aliphatic heterocycles. The molecule has 0 bridgehead atoms. The molecule has 0 aliphatic rings. The van der Waals surface area contributed by atoms with Crippen molar-refractivity contribution in [3.05, 3.63) is 18.0 Å². The average Bonchev–Trinajstić information content (AvgIpc) is 2.19. The maximum Gasteiger partial charge on any atom is 0.225 e. The number of rotatable bonds is 5. The third-order valence-corrected chi connectivity index (χ3v) is 2.04. The van der Waals surface area contributed by atoms with Crippen LogP contribution >= 0.6 is 0 Å². The molecule has 1 heterocycles. The quantitative estimate of drug-likeness (QED) is 0.719. The van der Waals surface area contributed by atoms with Gasteiger partial charge in [-0.3, -0.25) is 0 Å². The van der Waals surface area contributed by atoms with Gasteiger partial charge in [0.25, 0.3) is 0 Å². The number of aromatic nitrogens is 2. The molecular formula is C11H19N3. The molecule has 14 heavy (non-hydrogen) atoms. The summed E-state index contributed by atoms with van der Waals surface area (Å²) < 4.78 is 0. The predicted molar refractivity (Wildman–Crippen MR) is 59.6 cm³/mol. The van der Waals surface area contributed by atoms with E-state index in [4.69, 9.17) is 0 Å². The highest BCUT2D eigenvalue weighted by Gasteiger charge is 2.05. The molecule has 0 saturated carbocycles. The summed E-state index contributed by atoms with van der Waals surface area (Å²) in [7, 11) is 0. The second-order valence-corrected chi connectivity index (χ2v) is 3.55. The number of hydrogen-bond acceptors (Lipinski definition) is 3. The molecule has 3 nitrogen and oxygen atoms in total. The van der Waals surface area contributed by atoms with Gasteiger partial charge >= 0.3 is 0 Å². The monoisotopic (exact) mass is 193 g/mol. The van der Waals surface area contributed by atoms with E-state index in [1.54, 1.807) is 0 Å². The Morgan fingerprint density at radius 2 is 1.57 bits per heavy atom. The first-order valence-electron chi connectivity index (χ1n) is 5.31. The molecule has 3 heteroatoms. The van der Waals surface area contributed by atoms with E-state index in [1.807, 2.05) is 19.3 Å². The van der Waals surface area contributed by atoms with Crippen LogP contribution in [0.1, 0.15) is 32.3 Å². The molecule has 0 amide bonds. The molecule has 0 aliphatic carbocycles. The van der Waals surface area contributed by atoms with E-state index in [0.717, 1.165) is 37.4 Å². The lowest BCUT2D eigenvalue weighted by Crippen LogP contribution is -2.26. The van der Waals surface area contributed by atoms with Crippen molar-refractivity contribution >= 4 is 5.95 Å². The van der Waals surface area contributed by atoms with E-state index in [0.29, 0.717) is 0 Å². The fraction of sp³-hybridized carbons (Fsp3) is 0.636. The normalized spacial score (nSPS) is 10.2. The van der Waals surface area contributed by atoms with Crippen LogP contribution in [0.15, 0.2) is 12.4 Å². The minimum absolute atomic E-state index is 0.860. The van der Waals surface area contributed by atoms with Gasteiger partial charge in [0.1, 0.15) is 0 Å². The van der Waals surface area contributed by atoms with Crippen molar-refractivity contribution in [3.8, 4) is 0 Å². The van der Waals surface area contributed by atoms with Gasteiger partial charge in [-0.1, -0.05) is 13.8 Å². The number of aryl methyl sites for hydroxylation is 1. The van der Waals surface area contributed by atoms with Crippen LogP contribution in [0, 0.1) is 6.92 Å². The number of nitrogens with zero attached hydrogens (tertiary/aromatic N) is 3. The zero-order valence-corrected chi connectivity index (χ0v) is 9.32. The maximum atomic E-state index is 4.33. The molecule has 1 rings (SSSR count). The molecule has 1 aromatic heterocycles. The standard InChI is InChI=1S/C11H19N3/c1-4-6-14(7-5-2)11-12-8-10(3)9-13-11/h8-9H,4-7H2,1-3H3. The Balaban J connectivity index is 2.71. The Bertz CT molecular complexity index is 250.